The lowest BCUT2D eigenvalue weighted by atomic mass is 9.98. The Morgan fingerprint density at radius 1 is 1.21 bits per heavy atom. The zero-order chi connectivity index (χ0) is 17.1. The number of rotatable bonds is 4. The minimum absolute atomic E-state index is 0.000639. The molecule has 0 saturated heterocycles. The fourth-order valence-corrected chi connectivity index (χ4v) is 2.45. The molecule has 7 heteroatoms. The van der Waals surface area contributed by atoms with Gasteiger partial charge in [0.25, 0.3) is 0 Å². The van der Waals surface area contributed by atoms with E-state index in [1.54, 1.807) is 24.4 Å². The van der Waals surface area contributed by atoms with Crippen molar-refractivity contribution in [2.24, 2.45) is 16.7 Å². The van der Waals surface area contributed by atoms with Gasteiger partial charge in [0.05, 0.1) is 5.69 Å². The van der Waals surface area contributed by atoms with E-state index in [9.17, 15) is 5.11 Å². The van der Waals surface area contributed by atoms with Gasteiger partial charge in [-0.25, -0.2) is 4.98 Å². The van der Waals surface area contributed by atoms with E-state index in [0.29, 0.717) is 11.4 Å². The molecule has 0 aliphatic rings. The molecule has 0 fully saturated rings. The fourth-order valence-electron chi connectivity index (χ4n) is 2.45. The van der Waals surface area contributed by atoms with Crippen LogP contribution in [0.15, 0.2) is 59.8 Å². The maximum Gasteiger partial charge on any atom is 0.215 e. The lowest BCUT2D eigenvalue weighted by Gasteiger charge is -2.08. The summed E-state index contributed by atoms with van der Waals surface area (Å²) in [5.74, 6) is 5.86. The van der Waals surface area contributed by atoms with Crippen LogP contribution >= 0.6 is 0 Å². The fraction of sp³-hybridized carbons (Fsp3) is 0.118. The Morgan fingerprint density at radius 2 is 1.96 bits per heavy atom. The predicted molar refractivity (Wildman–Crippen MR) is 91.9 cm³/mol. The van der Waals surface area contributed by atoms with Gasteiger partial charge in [0.2, 0.25) is 5.88 Å². The Hall–Kier alpha value is -3.35. The highest BCUT2D eigenvalue weighted by atomic mass is 16.3. The molecule has 1 unspecified atom stereocenters. The molecule has 0 aliphatic heterocycles. The van der Waals surface area contributed by atoms with Crippen molar-refractivity contribution in [3.63, 3.8) is 0 Å². The van der Waals surface area contributed by atoms with E-state index < -0.39 is 0 Å². The van der Waals surface area contributed by atoms with Gasteiger partial charge in [-0.2, -0.15) is 14.9 Å². The first-order valence-electron chi connectivity index (χ1n) is 7.44. The smallest absolute Gasteiger partial charge is 0.215 e. The third-order valence-electron chi connectivity index (χ3n) is 3.85. The number of aromatic nitrogens is 3. The number of pyridine rings is 1. The van der Waals surface area contributed by atoms with Crippen LogP contribution in [0.25, 0.3) is 5.82 Å². The van der Waals surface area contributed by atoms with Gasteiger partial charge in [0.1, 0.15) is 5.84 Å². The van der Waals surface area contributed by atoms with Crippen LogP contribution in [0.1, 0.15) is 29.7 Å². The number of hydrogen-bond acceptors (Lipinski definition) is 5. The Morgan fingerprint density at radius 3 is 2.67 bits per heavy atom. The van der Waals surface area contributed by atoms with Crippen LogP contribution < -0.4 is 11.6 Å². The van der Waals surface area contributed by atoms with Crippen LogP contribution in [0.3, 0.4) is 0 Å². The lowest BCUT2D eigenvalue weighted by molar-refractivity contribution is 0.432. The van der Waals surface area contributed by atoms with Crippen LogP contribution in [-0.4, -0.2) is 25.7 Å². The molecule has 5 N–H and O–H groups in total. The minimum Gasteiger partial charge on any atom is -0.493 e. The van der Waals surface area contributed by atoms with E-state index in [1.807, 2.05) is 37.3 Å². The summed E-state index contributed by atoms with van der Waals surface area (Å²) in [7, 11) is 0. The van der Waals surface area contributed by atoms with Gasteiger partial charge >= 0.3 is 0 Å². The summed E-state index contributed by atoms with van der Waals surface area (Å²) in [6, 6.07) is 14.9. The molecule has 1 aromatic carbocycles. The van der Waals surface area contributed by atoms with Gasteiger partial charge in [0.15, 0.2) is 5.82 Å². The topological polar surface area (TPSA) is 115 Å². The summed E-state index contributed by atoms with van der Waals surface area (Å²) < 4.78 is 1.36. The molecule has 3 aromatic rings. The van der Waals surface area contributed by atoms with Crippen molar-refractivity contribution >= 4 is 5.84 Å². The average Bonchev–Trinajstić information content (AvgIpc) is 3.03. The molecule has 0 radical (unpaired) electrons. The number of nitrogens with two attached hydrogens (primary N) is 2. The molecule has 7 nitrogen and oxygen atoms in total. The Bertz CT molecular complexity index is 872. The quantitative estimate of drug-likeness (QED) is 0.293. The number of benzene rings is 1. The lowest BCUT2D eigenvalue weighted by Crippen LogP contribution is -2.16. The largest absolute Gasteiger partial charge is 0.493 e. The van der Waals surface area contributed by atoms with Crippen molar-refractivity contribution in [1.82, 2.24) is 14.8 Å². The molecule has 0 amide bonds. The molecule has 2 heterocycles. The highest BCUT2D eigenvalue weighted by Gasteiger charge is 2.16. The van der Waals surface area contributed by atoms with E-state index in [2.05, 4.69) is 15.2 Å². The van der Waals surface area contributed by atoms with Crippen LogP contribution in [0.5, 0.6) is 5.88 Å². The number of hydrogen-bond donors (Lipinski definition) is 3. The van der Waals surface area contributed by atoms with Crippen LogP contribution in [0.2, 0.25) is 0 Å². The average molecular weight is 322 g/mol. The van der Waals surface area contributed by atoms with Gasteiger partial charge in [0, 0.05) is 23.7 Å². The van der Waals surface area contributed by atoms with Crippen molar-refractivity contribution in [1.29, 1.82) is 0 Å². The van der Waals surface area contributed by atoms with E-state index >= 15 is 0 Å². The van der Waals surface area contributed by atoms with Crippen molar-refractivity contribution in [3.05, 3.63) is 71.5 Å². The molecule has 0 saturated carbocycles. The highest BCUT2D eigenvalue weighted by molar-refractivity contribution is 5.97. The first kappa shape index (κ1) is 15.5. The molecule has 0 aliphatic carbocycles. The van der Waals surface area contributed by atoms with Gasteiger partial charge in [-0.15, -0.1) is 0 Å². The molecule has 122 valence electrons. The second kappa shape index (κ2) is 6.41. The summed E-state index contributed by atoms with van der Waals surface area (Å²) in [6.07, 6.45) is 1.56. The maximum atomic E-state index is 10.2. The molecular formula is C17H18N6O. The number of amidine groups is 1. The van der Waals surface area contributed by atoms with E-state index in [1.165, 1.54) is 4.68 Å². The van der Waals surface area contributed by atoms with Crippen LogP contribution in [0.4, 0.5) is 0 Å². The standard InChI is InChI=1S/C17H18N6O/c1-11(12-5-3-2-4-6-12)14-10-16(24)23(22-14)15-9-13(7-8-20-15)17(18)21-19/h2-11,24H,19H2,1H3,(H2,18,21). The van der Waals surface area contributed by atoms with Gasteiger partial charge in [-0.05, 0) is 17.7 Å². The normalized spacial score (nSPS) is 13.0. The second-order valence-corrected chi connectivity index (χ2v) is 5.39. The maximum absolute atomic E-state index is 10.2. The van der Waals surface area contributed by atoms with Crippen molar-refractivity contribution in [2.75, 3.05) is 0 Å². The summed E-state index contributed by atoms with van der Waals surface area (Å²) in [4.78, 5) is 4.22. The first-order valence-corrected chi connectivity index (χ1v) is 7.44. The predicted octanol–water partition coefficient (Wildman–Crippen LogP) is 1.70. The second-order valence-electron chi connectivity index (χ2n) is 5.39. The monoisotopic (exact) mass is 322 g/mol. The molecule has 3 rings (SSSR count). The van der Waals surface area contributed by atoms with Crippen molar-refractivity contribution in [3.8, 4) is 11.7 Å². The van der Waals surface area contributed by atoms with Gasteiger partial charge in [-0.3, -0.25) is 0 Å². The van der Waals surface area contributed by atoms with E-state index in [4.69, 9.17) is 11.6 Å². The van der Waals surface area contributed by atoms with Crippen molar-refractivity contribution in [2.45, 2.75) is 12.8 Å². The number of hydrazone groups is 1. The molecule has 0 spiro atoms. The molecule has 24 heavy (non-hydrogen) atoms. The molecule has 0 bridgehead atoms. The Labute approximate surface area is 139 Å². The van der Waals surface area contributed by atoms with Gasteiger partial charge < -0.3 is 16.7 Å². The number of nitrogens with zero attached hydrogens (tertiary/aromatic N) is 4. The molecule has 1 atom stereocenters. The first-order chi connectivity index (χ1) is 11.6. The van der Waals surface area contributed by atoms with E-state index in [-0.39, 0.29) is 17.6 Å². The molecular weight excluding hydrogens is 304 g/mol. The van der Waals surface area contributed by atoms with E-state index in [0.717, 1.165) is 11.3 Å². The Balaban J connectivity index is 1.98. The zero-order valence-corrected chi connectivity index (χ0v) is 13.2. The summed E-state index contributed by atoms with van der Waals surface area (Å²) in [5, 5.41) is 18.2. The summed E-state index contributed by atoms with van der Waals surface area (Å²) in [6.45, 7) is 2.03. The molecule has 2 aromatic heterocycles. The van der Waals surface area contributed by atoms with Crippen molar-refractivity contribution < 1.29 is 5.11 Å². The number of aromatic hydroxyl groups is 1. The van der Waals surface area contributed by atoms with Crippen LogP contribution in [0, 0.1) is 0 Å². The summed E-state index contributed by atoms with van der Waals surface area (Å²) >= 11 is 0. The minimum atomic E-state index is 0.000639. The third-order valence-corrected chi connectivity index (χ3v) is 3.85. The van der Waals surface area contributed by atoms with Gasteiger partial charge in [-0.1, -0.05) is 37.3 Å². The highest BCUT2D eigenvalue weighted by Crippen LogP contribution is 2.27. The SMILES string of the molecule is CC(c1ccccc1)c1cc(O)n(-c2cc(/C(N)=N/N)ccn2)n1. The zero-order valence-electron chi connectivity index (χ0n) is 13.2. The summed E-state index contributed by atoms with van der Waals surface area (Å²) in [5.41, 5.74) is 8.18. The third kappa shape index (κ3) is 2.91. The van der Waals surface area contributed by atoms with Crippen LogP contribution in [-0.2, 0) is 0 Å². The Kier molecular flexibility index (Phi) is 4.15.